The van der Waals surface area contributed by atoms with Crippen LogP contribution in [0.3, 0.4) is 0 Å². The van der Waals surface area contributed by atoms with Crippen LogP contribution in [0.25, 0.3) is 0 Å². The van der Waals surface area contributed by atoms with Crippen molar-refractivity contribution in [2.45, 2.75) is 0 Å². The van der Waals surface area contributed by atoms with Gasteiger partial charge in [0.25, 0.3) is 0 Å². The van der Waals surface area contributed by atoms with Crippen LogP contribution in [0.15, 0.2) is 18.2 Å². The highest BCUT2D eigenvalue weighted by molar-refractivity contribution is 7.88. The second-order valence-corrected chi connectivity index (χ2v) is 5.64. The molecule has 100 valence electrons. The molecule has 0 aliphatic carbocycles. The first-order chi connectivity index (χ1) is 8.31. The van der Waals surface area contributed by atoms with E-state index < -0.39 is 21.8 Å². The predicted molar refractivity (Wildman–Crippen MR) is 64.5 cm³/mol. The van der Waals surface area contributed by atoms with Crippen molar-refractivity contribution in [2.75, 3.05) is 19.4 Å². The van der Waals surface area contributed by atoms with Crippen molar-refractivity contribution in [1.82, 2.24) is 4.72 Å². The lowest BCUT2D eigenvalue weighted by Gasteiger charge is -2.07. The van der Waals surface area contributed by atoms with Gasteiger partial charge in [0.15, 0.2) is 0 Å². The molecule has 1 rings (SSSR count). The van der Waals surface area contributed by atoms with Crippen LogP contribution in [0, 0.1) is 5.82 Å². The first-order valence-electron chi connectivity index (χ1n) is 4.87. The van der Waals surface area contributed by atoms with Gasteiger partial charge in [-0.05, 0) is 12.1 Å². The summed E-state index contributed by atoms with van der Waals surface area (Å²) in [7, 11) is -3.34. The van der Waals surface area contributed by atoms with E-state index in [1.165, 1.54) is 12.1 Å². The normalized spacial score (nSPS) is 11.3. The van der Waals surface area contributed by atoms with Crippen molar-refractivity contribution < 1.29 is 22.3 Å². The van der Waals surface area contributed by atoms with Gasteiger partial charge in [-0.3, -0.25) is 0 Å². The Kier molecular flexibility index (Phi) is 5.06. The number of hydrogen-bond donors (Lipinski definition) is 1. The Bertz CT molecular complexity index is 527. The molecule has 5 nitrogen and oxygen atoms in total. The second-order valence-electron chi connectivity index (χ2n) is 3.40. The maximum absolute atomic E-state index is 13.3. The highest BCUT2D eigenvalue weighted by Crippen LogP contribution is 2.19. The van der Waals surface area contributed by atoms with Crippen LogP contribution in [-0.2, 0) is 14.8 Å². The van der Waals surface area contributed by atoms with Crippen LogP contribution in [-0.4, -0.2) is 33.8 Å². The molecule has 0 saturated heterocycles. The zero-order valence-corrected chi connectivity index (χ0v) is 11.0. The molecule has 0 heterocycles. The molecule has 1 N–H and O–H groups in total. The molecule has 0 amide bonds. The molecule has 0 saturated carbocycles. The minimum Gasteiger partial charge on any atom is -0.461 e. The molecule has 0 bridgehead atoms. The van der Waals surface area contributed by atoms with Crippen LogP contribution in [0.4, 0.5) is 4.39 Å². The summed E-state index contributed by atoms with van der Waals surface area (Å²) in [6.07, 6.45) is 0.975. The van der Waals surface area contributed by atoms with Crippen molar-refractivity contribution in [3.63, 3.8) is 0 Å². The number of hydrogen-bond acceptors (Lipinski definition) is 4. The van der Waals surface area contributed by atoms with Gasteiger partial charge in [-0.15, -0.1) is 0 Å². The minimum atomic E-state index is -3.34. The van der Waals surface area contributed by atoms with Gasteiger partial charge in [0, 0.05) is 6.54 Å². The number of carbonyl (C=O) groups is 1. The van der Waals surface area contributed by atoms with E-state index in [4.69, 9.17) is 16.3 Å². The number of benzene rings is 1. The SMILES string of the molecule is CS(=O)(=O)NCCOC(=O)c1c(F)cccc1Cl. The third-order valence-corrected chi connectivity index (χ3v) is 2.91. The smallest absolute Gasteiger partial charge is 0.342 e. The van der Waals surface area contributed by atoms with Crippen LogP contribution < -0.4 is 4.72 Å². The number of halogens is 2. The molecular weight excluding hydrogens is 285 g/mol. The zero-order chi connectivity index (χ0) is 13.8. The fourth-order valence-electron chi connectivity index (χ4n) is 1.14. The maximum atomic E-state index is 13.3. The van der Waals surface area contributed by atoms with E-state index in [0.29, 0.717) is 0 Å². The van der Waals surface area contributed by atoms with Crippen molar-refractivity contribution in [1.29, 1.82) is 0 Å². The molecule has 0 atom stereocenters. The molecule has 0 aliphatic heterocycles. The Balaban J connectivity index is 2.56. The molecular formula is C10H11ClFNO4S. The van der Waals surface area contributed by atoms with Gasteiger partial charge >= 0.3 is 5.97 Å². The Labute approximate surface area is 109 Å². The highest BCUT2D eigenvalue weighted by atomic mass is 35.5. The quantitative estimate of drug-likeness (QED) is 0.654. The van der Waals surface area contributed by atoms with Gasteiger partial charge in [-0.1, -0.05) is 17.7 Å². The minimum absolute atomic E-state index is 0.0592. The topological polar surface area (TPSA) is 72.5 Å². The summed E-state index contributed by atoms with van der Waals surface area (Å²) in [4.78, 5) is 11.5. The van der Waals surface area contributed by atoms with Gasteiger partial charge in [-0.25, -0.2) is 22.3 Å². The number of carbonyl (C=O) groups excluding carboxylic acids is 1. The number of nitrogens with one attached hydrogen (secondary N) is 1. The number of esters is 1. The molecule has 0 aliphatic rings. The molecule has 1 aromatic rings. The summed E-state index contributed by atoms with van der Waals surface area (Å²) < 4.78 is 41.6. The molecule has 0 unspecified atom stereocenters. The van der Waals surface area contributed by atoms with E-state index in [1.54, 1.807) is 0 Å². The summed E-state index contributed by atoms with van der Waals surface area (Å²) in [5, 5.41) is -0.0592. The van der Waals surface area contributed by atoms with Crippen molar-refractivity contribution in [3.8, 4) is 0 Å². The first-order valence-corrected chi connectivity index (χ1v) is 7.14. The summed E-state index contributed by atoms with van der Waals surface area (Å²) in [5.74, 6) is -1.73. The van der Waals surface area contributed by atoms with Crippen molar-refractivity contribution in [3.05, 3.63) is 34.6 Å². The Morgan fingerprint density at radius 2 is 2.17 bits per heavy atom. The first kappa shape index (κ1) is 14.9. The van der Waals surface area contributed by atoms with Crippen LogP contribution >= 0.6 is 11.6 Å². The molecule has 1 aromatic carbocycles. The number of ether oxygens (including phenoxy) is 1. The fraction of sp³-hybridized carbons (Fsp3) is 0.300. The molecule has 0 fully saturated rings. The zero-order valence-electron chi connectivity index (χ0n) is 9.44. The highest BCUT2D eigenvalue weighted by Gasteiger charge is 2.17. The Hall–Kier alpha value is -1.18. The molecule has 8 heteroatoms. The summed E-state index contributed by atoms with van der Waals surface area (Å²) in [6.45, 7) is -0.298. The largest absolute Gasteiger partial charge is 0.461 e. The van der Waals surface area contributed by atoms with Gasteiger partial charge < -0.3 is 4.74 Å². The van der Waals surface area contributed by atoms with Crippen LogP contribution in [0.2, 0.25) is 5.02 Å². The van der Waals surface area contributed by atoms with E-state index >= 15 is 0 Å². The summed E-state index contributed by atoms with van der Waals surface area (Å²) in [6, 6.07) is 3.80. The average molecular weight is 296 g/mol. The van der Waals surface area contributed by atoms with Gasteiger partial charge in [0.1, 0.15) is 18.0 Å². The number of sulfonamides is 1. The third-order valence-electron chi connectivity index (χ3n) is 1.87. The number of rotatable bonds is 5. The van der Waals surface area contributed by atoms with E-state index in [0.717, 1.165) is 12.3 Å². The fourth-order valence-corrected chi connectivity index (χ4v) is 1.83. The van der Waals surface area contributed by atoms with Crippen LogP contribution in [0.5, 0.6) is 0 Å². The van der Waals surface area contributed by atoms with E-state index in [-0.39, 0.29) is 23.7 Å². The monoisotopic (exact) mass is 295 g/mol. The lowest BCUT2D eigenvalue weighted by molar-refractivity contribution is 0.0508. The van der Waals surface area contributed by atoms with Crippen molar-refractivity contribution >= 4 is 27.6 Å². The predicted octanol–water partition coefficient (Wildman–Crippen LogP) is 1.19. The van der Waals surface area contributed by atoms with Gasteiger partial charge in [-0.2, -0.15) is 0 Å². The van der Waals surface area contributed by atoms with E-state index in [2.05, 4.69) is 4.72 Å². The Morgan fingerprint density at radius 1 is 1.50 bits per heavy atom. The molecule has 0 spiro atoms. The lowest BCUT2D eigenvalue weighted by Crippen LogP contribution is -2.27. The average Bonchev–Trinajstić information content (AvgIpc) is 2.23. The molecule has 18 heavy (non-hydrogen) atoms. The second kappa shape index (κ2) is 6.12. The third kappa shape index (κ3) is 4.59. The van der Waals surface area contributed by atoms with Crippen LogP contribution in [0.1, 0.15) is 10.4 Å². The summed E-state index contributed by atoms with van der Waals surface area (Å²) >= 11 is 5.66. The molecule has 0 radical (unpaired) electrons. The van der Waals surface area contributed by atoms with E-state index in [9.17, 15) is 17.6 Å². The van der Waals surface area contributed by atoms with Gasteiger partial charge in [0.05, 0.1) is 11.3 Å². The maximum Gasteiger partial charge on any atom is 0.342 e. The molecule has 0 aromatic heterocycles. The van der Waals surface area contributed by atoms with E-state index in [1.807, 2.05) is 0 Å². The Morgan fingerprint density at radius 3 is 2.72 bits per heavy atom. The van der Waals surface area contributed by atoms with Gasteiger partial charge in [0.2, 0.25) is 10.0 Å². The van der Waals surface area contributed by atoms with Crippen molar-refractivity contribution in [2.24, 2.45) is 0 Å². The summed E-state index contributed by atoms with van der Waals surface area (Å²) in [5.41, 5.74) is -0.362. The lowest BCUT2D eigenvalue weighted by atomic mass is 10.2. The standard InChI is InChI=1S/C10H11ClFNO4S/c1-18(15,16)13-5-6-17-10(14)9-7(11)3-2-4-8(9)12/h2-4,13H,5-6H2,1H3.